The van der Waals surface area contributed by atoms with Crippen molar-refractivity contribution in [1.29, 1.82) is 0 Å². The minimum atomic E-state index is -0.0403. The van der Waals surface area contributed by atoms with Crippen LogP contribution < -0.4 is 10.1 Å². The molecule has 20 heavy (non-hydrogen) atoms. The Morgan fingerprint density at radius 1 is 1.20 bits per heavy atom. The number of hydrogen-bond donors (Lipinski definition) is 1. The summed E-state index contributed by atoms with van der Waals surface area (Å²) in [5.74, 6) is 0.747. The van der Waals surface area contributed by atoms with Gasteiger partial charge in [-0.25, -0.2) is 0 Å². The third-order valence-corrected chi connectivity index (χ3v) is 3.61. The van der Waals surface area contributed by atoms with Crippen LogP contribution in [0, 0.1) is 6.92 Å². The van der Waals surface area contributed by atoms with Crippen LogP contribution in [-0.2, 0) is 11.2 Å². The molecule has 0 aliphatic rings. The van der Waals surface area contributed by atoms with Crippen molar-refractivity contribution in [2.24, 2.45) is 0 Å². The summed E-state index contributed by atoms with van der Waals surface area (Å²) in [6, 6.07) is 13.3. The normalized spacial score (nSPS) is 10.2. The van der Waals surface area contributed by atoms with Gasteiger partial charge in [-0.1, -0.05) is 18.2 Å². The molecule has 0 aliphatic heterocycles. The fourth-order valence-electron chi connectivity index (χ4n) is 1.86. The summed E-state index contributed by atoms with van der Waals surface area (Å²) in [7, 11) is 1.62. The van der Waals surface area contributed by atoms with Crippen molar-refractivity contribution in [2.75, 3.05) is 12.4 Å². The van der Waals surface area contributed by atoms with E-state index in [9.17, 15) is 4.79 Å². The molecule has 2 rings (SSSR count). The number of amides is 1. The van der Waals surface area contributed by atoms with E-state index in [1.165, 1.54) is 0 Å². The van der Waals surface area contributed by atoms with E-state index in [2.05, 4.69) is 21.2 Å². The van der Waals surface area contributed by atoms with E-state index < -0.39 is 0 Å². The summed E-state index contributed by atoms with van der Waals surface area (Å²) in [6.07, 6.45) is 0.338. The largest absolute Gasteiger partial charge is 0.497 e. The summed E-state index contributed by atoms with van der Waals surface area (Å²) in [5, 5.41) is 2.91. The number of carbonyl (C=O) groups excluding carboxylic acids is 1. The minimum Gasteiger partial charge on any atom is -0.497 e. The first-order chi connectivity index (χ1) is 9.58. The zero-order chi connectivity index (χ0) is 14.5. The number of hydrogen-bond acceptors (Lipinski definition) is 2. The molecule has 0 aromatic heterocycles. The Morgan fingerprint density at radius 2 is 1.90 bits per heavy atom. The maximum atomic E-state index is 12.0. The molecule has 1 N–H and O–H groups in total. The van der Waals surface area contributed by atoms with Crippen molar-refractivity contribution < 1.29 is 9.53 Å². The van der Waals surface area contributed by atoms with Gasteiger partial charge in [0.25, 0.3) is 0 Å². The van der Waals surface area contributed by atoms with E-state index in [-0.39, 0.29) is 5.91 Å². The van der Waals surface area contributed by atoms with Crippen LogP contribution in [0.25, 0.3) is 0 Å². The monoisotopic (exact) mass is 333 g/mol. The number of methoxy groups -OCH3 is 1. The Morgan fingerprint density at radius 3 is 2.55 bits per heavy atom. The Balaban J connectivity index is 2.03. The molecule has 0 fully saturated rings. The fraction of sp³-hybridized carbons (Fsp3) is 0.188. The molecular formula is C16H16BrNO2. The van der Waals surface area contributed by atoms with Gasteiger partial charge in [0.05, 0.1) is 19.2 Å². The highest BCUT2D eigenvalue weighted by molar-refractivity contribution is 9.10. The topological polar surface area (TPSA) is 38.3 Å². The molecule has 0 saturated carbocycles. The second-order valence-electron chi connectivity index (χ2n) is 4.56. The number of halogens is 1. The van der Waals surface area contributed by atoms with E-state index in [1.807, 2.05) is 49.4 Å². The van der Waals surface area contributed by atoms with Gasteiger partial charge in [0.15, 0.2) is 0 Å². The highest BCUT2D eigenvalue weighted by Crippen LogP contribution is 2.23. The van der Waals surface area contributed by atoms with E-state index >= 15 is 0 Å². The SMILES string of the molecule is COc1ccc(CC(=O)Nc2cc(C)ccc2Br)cc1. The molecule has 0 unspecified atom stereocenters. The predicted octanol–water partition coefficient (Wildman–Crippen LogP) is 3.95. The first-order valence-corrected chi connectivity index (χ1v) is 7.06. The Kier molecular flexibility index (Phi) is 4.79. The van der Waals surface area contributed by atoms with E-state index in [4.69, 9.17) is 4.74 Å². The van der Waals surface area contributed by atoms with Crippen molar-refractivity contribution in [3.8, 4) is 5.75 Å². The third-order valence-electron chi connectivity index (χ3n) is 2.92. The zero-order valence-corrected chi connectivity index (χ0v) is 13.0. The second-order valence-corrected chi connectivity index (χ2v) is 5.41. The summed E-state index contributed by atoms with van der Waals surface area (Å²) in [5.41, 5.74) is 2.85. The molecular weight excluding hydrogens is 318 g/mol. The van der Waals surface area contributed by atoms with Crippen LogP contribution >= 0.6 is 15.9 Å². The maximum absolute atomic E-state index is 12.0. The lowest BCUT2D eigenvalue weighted by atomic mass is 10.1. The maximum Gasteiger partial charge on any atom is 0.228 e. The van der Waals surface area contributed by atoms with Gasteiger partial charge in [-0.2, -0.15) is 0 Å². The van der Waals surface area contributed by atoms with Crippen LogP contribution in [0.5, 0.6) is 5.75 Å². The van der Waals surface area contributed by atoms with Crippen LogP contribution in [0.15, 0.2) is 46.9 Å². The van der Waals surface area contributed by atoms with Crippen molar-refractivity contribution in [3.05, 3.63) is 58.1 Å². The lowest BCUT2D eigenvalue weighted by Crippen LogP contribution is -2.14. The number of aryl methyl sites for hydroxylation is 1. The second kappa shape index (κ2) is 6.57. The molecule has 104 valence electrons. The number of carbonyl (C=O) groups is 1. The van der Waals surface area contributed by atoms with Crippen molar-refractivity contribution in [3.63, 3.8) is 0 Å². The lowest BCUT2D eigenvalue weighted by molar-refractivity contribution is -0.115. The summed E-state index contributed by atoms with van der Waals surface area (Å²) in [6.45, 7) is 1.99. The lowest BCUT2D eigenvalue weighted by Gasteiger charge is -2.09. The highest BCUT2D eigenvalue weighted by Gasteiger charge is 2.07. The Hall–Kier alpha value is -1.81. The van der Waals surface area contributed by atoms with Crippen LogP contribution in [0.1, 0.15) is 11.1 Å². The number of rotatable bonds is 4. The highest BCUT2D eigenvalue weighted by atomic mass is 79.9. The standard InChI is InChI=1S/C16H16BrNO2/c1-11-3-8-14(17)15(9-11)18-16(19)10-12-4-6-13(20-2)7-5-12/h3-9H,10H2,1-2H3,(H,18,19). The zero-order valence-electron chi connectivity index (χ0n) is 11.4. The Labute approximate surface area is 127 Å². The molecule has 0 bridgehead atoms. The molecule has 0 heterocycles. The quantitative estimate of drug-likeness (QED) is 0.919. The molecule has 2 aromatic rings. The molecule has 0 aliphatic carbocycles. The molecule has 0 atom stereocenters. The van der Waals surface area contributed by atoms with Gasteiger partial charge < -0.3 is 10.1 Å². The fourth-order valence-corrected chi connectivity index (χ4v) is 2.20. The van der Waals surface area contributed by atoms with Gasteiger partial charge in [0.2, 0.25) is 5.91 Å². The van der Waals surface area contributed by atoms with Crippen molar-refractivity contribution in [2.45, 2.75) is 13.3 Å². The van der Waals surface area contributed by atoms with Gasteiger partial charge in [0, 0.05) is 4.47 Å². The smallest absolute Gasteiger partial charge is 0.228 e. The summed E-state index contributed by atoms with van der Waals surface area (Å²) < 4.78 is 5.97. The van der Waals surface area contributed by atoms with E-state index in [1.54, 1.807) is 7.11 Å². The number of ether oxygens (including phenoxy) is 1. The Bertz CT molecular complexity index is 608. The summed E-state index contributed by atoms with van der Waals surface area (Å²) in [4.78, 5) is 12.0. The molecule has 0 spiro atoms. The van der Waals surface area contributed by atoms with Gasteiger partial charge >= 0.3 is 0 Å². The number of benzene rings is 2. The first kappa shape index (κ1) is 14.6. The third kappa shape index (κ3) is 3.84. The summed E-state index contributed by atoms with van der Waals surface area (Å²) >= 11 is 3.43. The van der Waals surface area contributed by atoms with Gasteiger partial charge in [-0.05, 0) is 58.2 Å². The van der Waals surface area contributed by atoms with Crippen LogP contribution in [0.2, 0.25) is 0 Å². The van der Waals surface area contributed by atoms with E-state index in [0.717, 1.165) is 27.0 Å². The average molecular weight is 334 g/mol. The van der Waals surface area contributed by atoms with Gasteiger partial charge in [0.1, 0.15) is 5.75 Å². The van der Waals surface area contributed by atoms with Crippen LogP contribution in [-0.4, -0.2) is 13.0 Å². The van der Waals surface area contributed by atoms with E-state index in [0.29, 0.717) is 6.42 Å². The number of nitrogens with one attached hydrogen (secondary N) is 1. The molecule has 0 radical (unpaired) electrons. The molecule has 3 nitrogen and oxygen atoms in total. The van der Waals surface area contributed by atoms with Gasteiger partial charge in [-0.3, -0.25) is 4.79 Å². The van der Waals surface area contributed by atoms with Crippen molar-refractivity contribution >= 4 is 27.5 Å². The average Bonchev–Trinajstić information content (AvgIpc) is 2.43. The number of anilines is 1. The molecule has 1 amide bonds. The minimum absolute atomic E-state index is 0.0403. The molecule has 2 aromatic carbocycles. The van der Waals surface area contributed by atoms with Gasteiger partial charge in [-0.15, -0.1) is 0 Å². The van der Waals surface area contributed by atoms with Crippen LogP contribution in [0.3, 0.4) is 0 Å². The predicted molar refractivity (Wildman–Crippen MR) is 84.2 cm³/mol. The molecule has 4 heteroatoms. The van der Waals surface area contributed by atoms with Crippen LogP contribution in [0.4, 0.5) is 5.69 Å². The van der Waals surface area contributed by atoms with Crippen molar-refractivity contribution in [1.82, 2.24) is 0 Å². The molecule has 0 saturated heterocycles. The first-order valence-electron chi connectivity index (χ1n) is 6.27.